The van der Waals surface area contributed by atoms with Crippen LogP contribution in [0.25, 0.3) is 11.0 Å². The number of fused-ring (bicyclic) bond motifs is 1. The second-order valence-electron chi connectivity index (χ2n) is 7.04. The van der Waals surface area contributed by atoms with E-state index in [1.165, 1.54) is 5.56 Å². The molecule has 0 unspecified atom stereocenters. The molecule has 3 aromatic carbocycles. The van der Waals surface area contributed by atoms with E-state index < -0.39 is 0 Å². The Bertz CT molecular complexity index is 1120. The summed E-state index contributed by atoms with van der Waals surface area (Å²) in [5, 5.41) is 3.12. The fourth-order valence-corrected chi connectivity index (χ4v) is 3.52. The lowest BCUT2D eigenvalue weighted by Crippen LogP contribution is -2.29. The second kappa shape index (κ2) is 7.69. The molecule has 0 bridgehead atoms. The van der Waals surface area contributed by atoms with Crippen LogP contribution in [0.15, 0.2) is 78.9 Å². The number of nitrogens with one attached hydrogen (secondary N) is 1. The van der Waals surface area contributed by atoms with Crippen LogP contribution in [-0.4, -0.2) is 15.5 Å². The first-order valence-electron chi connectivity index (χ1n) is 9.49. The van der Waals surface area contributed by atoms with Gasteiger partial charge in [0.05, 0.1) is 17.1 Å². The van der Waals surface area contributed by atoms with Crippen LogP contribution in [0.5, 0.6) is 0 Å². The van der Waals surface area contributed by atoms with E-state index in [1.54, 1.807) is 0 Å². The molecule has 1 atom stereocenters. The zero-order valence-electron chi connectivity index (χ0n) is 16.1. The van der Waals surface area contributed by atoms with Crippen molar-refractivity contribution in [2.75, 3.05) is 0 Å². The summed E-state index contributed by atoms with van der Waals surface area (Å²) in [6.45, 7) is 4.64. The van der Waals surface area contributed by atoms with E-state index in [-0.39, 0.29) is 11.9 Å². The lowest BCUT2D eigenvalue weighted by Gasteiger charge is -2.17. The van der Waals surface area contributed by atoms with Gasteiger partial charge < -0.3 is 9.88 Å². The molecule has 4 rings (SSSR count). The Labute approximate surface area is 164 Å². The summed E-state index contributed by atoms with van der Waals surface area (Å²) in [4.78, 5) is 17.6. The van der Waals surface area contributed by atoms with Crippen LogP contribution in [0.4, 0.5) is 0 Å². The highest BCUT2D eigenvalue weighted by molar-refractivity contribution is 5.95. The van der Waals surface area contributed by atoms with Gasteiger partial charge in [-0.1, -0.05) is 60.7 Å². The van der Waals surface area contributed by atoms with Crippen LogP contribution >= 0.6 is 0 Å². The van der Waals surface area contributed by atoms with Crippen LogP contribution < -0.4 is 5.32 Å². The molecule has 0 fully saturated rings. The zero-order valence-corrected chi connectivity index (χ0v) is 16.1. The van der Waals surface area contributed by atoms with Gasteiger partial charge in [0.15, 0.2) is 0 Å². The summed E-state index contributed by atoms with van der Waals surface area (Å²) in [7, 11) is 0. The predicted molar refractivity (Wildman–Crippen MR) is 112 cm³/mol. The Morgan fingerprint density at radius 3 is 2.43 bits per heavy atom. The summed E-state index contributed by atoms with van der Waals surface area (Å²) >= 11 is 0. The van der Waals surface area contributed by atoms with Gasteiger partial charge in [-0.25, -0.2) is 4.98 Å². The number of nitrogens with zero attached hydrogens (tertiary/aromatic N) is 2. The summed E-state index contributed by atoms with van der Waals surface area (Å²) in [5.41, 5.74) is 4.86. The molecule has 0 aliphatic heterocycles. The Morgan fingerprint density at radius 2 is 1.64 bits per heavy atom. The summed E-state index contributed by atoms with van der Waals surface area (Å²) < 4.78 is 2.19. The number of amides is 1. The molecule has 0 saturated carbocycles. The molecule has 1 aromatic heterocycles. The standard InChI is InChI=1S/C24H23N3O/c1-17-10-6-7-13-20(17)24(28)25-18(2)23-26-21-14-8-9-15-22(21)27(23)16-19-11-4-3-5-12-19/h3-15,18H,16H2,1-2H3,(H,25,28)/t18-/m1/s1. The third-order valence-corrected chi connectivity index (χ3v) is 4.99. The fraction of sp³-hybridized carbons (Fsp3) is 0.167. The van der Waals surface area contributed by atoms with Crippen molar-refractivity contribution in [3.8, 4) is 0 Å². The first-order valence-corrected chi connectivity index (χ1v) is 9.49. The highest BCUT2D eigenvalue weighted by Gasteiger charge is 2.19. The van der Waals surface area contributed by atoms with E-state index in [1.807, 2.05) is 74.5 Å². The number of aromatic nitrogens is 2. The monoisotopic (exact) mass is 369 g/mol. The third kappa shape index (κ3) is 3.54. The number of hydrogen-bond acceptors (Lipinski definition) is 2. The van der Waals surface area contributed by atoms with Gasteiger partial charge in [-0.05, 0) is 43.2 Å². The van der Waals surface area contributed by atoms with Crippen LogP contribution in [0.1, 0.15) is 40.3 Å². The molecule has 0 spiro atoms. The molecule has 4 nitrogen and oxygen atoms in total. The van der Waals surface area contributed by atoms with E-state index >= 15 is 0 Å². The number of imidazole rings is 1. The van der Waals surface area contributed by atoms with Crippen LogP contribution in [0.2, 0.25) is 0 Å². The highest BCUT2D eigenvalue weighted by Crippen LogP contribution is 2.23. The molecular formula is C24H23N3O. The third-order valence-electron chi connectivity index (χ3n) is 4.99. The van der Waals surface area contributed by atoms with E-state index in [4.69, 9.17) is 4.98 Å². The van der Waals surface area contributed by atoms with Crippen molar-refractivity contribution in [1.29, 1.82) is 0 Å². The molecule has 28 heavy (non-hydrogen) atoms. The summed E-state index contributed by atoms with van der Waals surface area (Å²) in [6, 6.07) is 25.8. The molecule has 1 heterocycles. The average Bonchev–Trinajstić information content (AvgIpc) is 3.08. The number of carbonyl (C=O) groups excluding carboxylic acids is 1. The Morgan fingerprint density at radius 1 is 0.964 bits per heavy atom. The second-order valence-corrected chi connectivity index (χ2v) is 7.04. The maximum atomic E-state index is 12.8. The van der Waals surface area contributed by atoms with Crippen molar-refractivity contribution in [3.05, 3.63) is 101 Å². The van der Waals surface area contributed by atoms with Gasteiger partial charge in [-0.2, -0.15) is 0 Å². The quantitative estimate of drug-likeness (QED) is 0.545. The fourth-order valence-electron chi connectivity index (χ4n) is 3.52. The van der Waals surface area contributed by atoms with E-state index in [0.717, 1.165) is 22.4 Å². The number of aryl methyl sites for hydroxylation is 1. The first kappa shape index (κ1) is 18.0. The number of rotatable bonds is 5. The number of para-hydroxylation sites is 2. The van der Waals surface area contributed by atoms with Gasteiger partial charge in [-0.15, -0.1) is 0 Å². The molecule has 1 N–H and O–H groups in total. The zero-order chi connectivity index (χ0) is 19.5. The average molecular weight is 369 g/mol. The molecule has 0 aliphatic rings. The van der Waals surface area contributed by atoms with E-state index in [0.29, 0.717) is 12.1 Å². The molecule has 0 aliphatic carbocycles. The molecule has 0 saturated heterocycles. The SMILES string of the molecule is Cc1ccccc1C(=O)N[C@H](C)c1nc2ccccc2n1Cc1ccccc1. The minimum Gasteiger partial charge on any atom is -0.342 e. The lowest BCUT2D eigenvalue weighted by atomic mass is 10.1. The van der Waals surface area contributed by atoms with Crippen molar-refractivity contribution >= 4 is 16.9 Å². The highest BCUT2D eigenvalue weighted by atomic mass is 16.1. The van der Waals surface area contributed by atoms with Gasteiger partial charge in [0.25, 0.3) is 5.91 Å². The topological polar surface area (TPSA) is 46.9 Å². The Kier molecular flexibility index (Phi) is 4.94. The van der Waals surface area contributed by atoms with Crippen molar-refractivity contribution in [3.63, 3.8) is 0 Å². The van der Waals surface area contributed by atoms with Crippen molar-refractivity contribution in [2.24, 2.45) is 0 Å². The molecule has 140 valence electrons. The molecule has 0 radical (unpaired) electrons. The van der Waals surface area contributed by atoms with Crippen LogP contribution in [0, 0.1) is 6.92 Å². The smallest absolute Gasteiger partial charge is 0.252 e. The first-order chi connectivity index (χ1) is 13.6. The predicted octanol–water partition coefficient (Wildman–Crippen LogP) is 4.88. The van der Waals surface area contributed by atoms with Gasteiger partial charge in [0, 0.05) is 12.1 Å². The maximum absolute atomic E-state index is 12.8. The molecule has 1 amide bonds. The van der Waals surface area contributed by atoms with Gasteiger partial charge in [0.2, 0.25) is 0 Å². The van der Waals surface area contributed by atoms with Gasteiger partial charge >= 0.3 is 0 Å². The lowest BCUT2D eigenvalue weighted by molar-refractivity contribution is 0.0937. The summed E-state index contributed by atoms with van der Waals surface area (Å²) in [6.07, 6.45) is 0. The van der Waals surface area contributed by atoms with Crippen LogP contribution in [-0.2, 0) is 6.54 Å². The number of hydrogen-bond donors (Lipinski definition) is 1. The van der Waals surface area contributed by atoms with E-state index in [9.17, 15) is 4.79 Å². The van der Waals surface area contributed by atoms with Gasteiger partial charge in [0.1, 0.15) is 5.82 Å². The number of carbonyl (C=O) groups is 1. The minimum absolute atomic E-state index is 0.0797. The Balaban J connectivity index is 1.68. The van der Waals surface area contributed by atoms with E-state index in [2.05, 4.69) is 28.1 Å². The van der Waals surface area contributed by atoms with Crippen molar-refractivity contribution in [1.82, 2.24) is 14.9 Å². The largest absolute Gasteiger partial charge is 0.342 e. The molecule has 4 heteroatoms. The molecule has 4 aromatic rings. The number of benzene rings is 3. The molecular weight excluding hydrogens is 346 g/mol. The van der Waals surface area contributed by atoms with Gasteiger partial charge in [-0.3, -0.25) is 4.79 Å². The summed E-state index contributed by atoms with van der Waals surface area (Å²) in [5.74, 6) is 0.774. The maximum Gasteiger partial charge on any atom is 0.252 e. The van der Waals surface area contributed by atoms with Crippen molar-refractivity contribution < 1.29 is 4.79 Å². The van der Waals surface area contributed by atoms with Crippen LogP contribution in [0.3, 0.4) is 0 Å². The minimum atomic E-state index is -0.219. The Hall–Kier alpha value is -3.40. The normalized spacial score (nSPS) is 12.1. The van der Waals surface area contributed by atoms with Crippen molar-refractivity contribution in [2.45, 2.75) is 26.4 Å².